The van der Waals surface area contributed by atoms with Crippen LogP contribution in [0.4, 0.5) is 10.5 Å². The second-order valence-electron chi connectivity index (χ2n) is 8.82. The molecule has 0 saturated carbocycles. The second-order valence-corrected chi connectivity index (χ2v) is 9.73. The van der Waals surface area contributed by atoms with Crippen molar-refractivity contribution in [2.45, 2.75) is 19.5 Å². The summed E-state index contributed by atoms with van der Waals surface area (Å²) in [5.41, 5.74) is 5.68. The van der Waals surface area contributed by atoms with Gasteiger partial charge in [0, 0.05) is 21.9 Å². The molecule has 0 saturated heterocycles. The molecule has 2 aromatic heterocycles. The van der Waals surface area contributed by atoms with Gasteiger partial charge in [0.25, 0.3) is 0 Å². The predicted molar refractivity (Wildman–Crippen MR) is 145 cm³/mol. The van der Waals surface area contributed by atoms with Crippen LogP contribution in [0.15, 0.2) is 108 Å². The van der Waals surface area contributed by atoms with E-state index in [4.69, 9.17) is 5.10 Å². The van der Waals surface area contributed by atoms with E-state index in [0.29, 0.717) is 6.54 Å². The highest BCUT2D eigenvalue weighted by atomic mass is 79.9. The highest BCUT2D eigenvalue weighted by molar-refractivity contribution is 9.10. The number of halogens is 1. The minimum Gasteiger partial charge on any atom is -0.308 e. The number of carbonyl (C=O) groups is 1. The van der Waals surface area contributed by atoms with E-state index in [-0.39, 0.29) is 12.1 Å². The van der Waals surface area contributed by atoms with Crippen LogP contribution in [-0.2, 0) is 6.54 Å². The Morgan fingerprint density at radius 3 is 2.33 bits per heavy atom. The molecule has 0 radical (unpaired) electrons. The molecule has 1 atom stereocenters. The maximum absolute atomic E-state index is 13.9. The summed E-state index contributed by atoms with van der Waals surface area (Å²) in [7, 11) is 0. The van der Waals surface area contributed by atoms with Crippen LogP contribution in [0.5, 0.6) is 0 Å². The molecule has 1 unspecified atom stereocenters. The third kappa shape index (κ3) is 3.91. The number of aromatic nitrogens is 3. The Balaban J connectivity index is 1.52. The molecule has 3 aromatic carbocycles. The molecule has 36 heavy (non-hydrogen) atoms. The average molecular weight is 538 g/mol. The summed E-state index contributed by atoms with van der Waals surface area (Å²) in [5, 5.41) is 8.01. The highest BCUT2D eigenvalue weighted by Gasteiger charge is 2.35. The predicted octanol–water partition coefficient (Wildman–Crippen LogP) is 6.87. The summed E-state index contributed by atoms with van der Waals surface area (Å²) in [6.07, 6.45) is 2.06. The van der Waals surface area contributed by atoms with Gasteiger partial charge >= 0.3 is 6.03 Å². The zero-order valence-electron chi connectivity index (χ0n) is 19.7. The number of carbonyl (C=O) groups excluding carboxylic acids is 1. The molecule has 3 heterocycles. The molecule has 0 fully saturated rings. The van der Waals surface area contributed by atoms with Crippen LogP contribution in [0.3, 0.4) is 0 Å². The van der Waals surface area contributed by atoms with Gasteiger partial charge in [-0.25, -0.2) is 9.48 Å². The number of nitrogens with zero attached hydrogens (tertiary/aromatic N) is 4. The Bertz CT molecular complexity index is 1520. The van der Waals surface area contributed by atoms with Crippen LogP contribution >= 0.6 is 15.9 Å². The van der Waals surface area contributed by atoms with Gasteiger partial charge in [0.1, 0.15) is 5.82 Å². The number of aryl methyl sites for hydroxylation is 1. The molecule has 0 bridgehead atoms. The monoisotopic (exact) mass is 537 g/mol. The molecular weight excluding hydrogens is 514 g/mol. The molecule has 1 aliphatic rings. The minimum absolute atomic E-state index is 0.168. The van der Waals surface area contributed by atoms with Gasteiger partial charge in [0.05, 0.1) is 29.7 Å². The molecule has 2 amide bonds. The smallest absolute Gasteiger partial charge is 0.308 e. The summed E-state index contributed by atoms with van der Waals surface area (Å²) in [5.74, 6) is 0.957. The maximum Gasteiger partial charge on any atom is 0.322 e. The number of amides is 2. The Morgan fingerprint density at radius 1 is 0.917 bits per heavy atom. The molecule has 5 aromatic rings. The summed E-state index contributed by atoms with van der Waals surface area (Å²) >= 11 is 3.46. The van der Waals surface area contributed by atoms with Crippen LogP contribution in [0.1, 0.15) is 28.6 Å². The molecule has 7 heteroatoms. The number of hydrogen-bond acceptors (Lipinski definition) is 2. The lowest BCUT2D eigenvalue weighted by molar-refractivity contribution is 0.194. The van der Waals surface area contributed by atoms with E-state index in [1.54, 1.807) is 0 Å². The summed E-state index contributed by atoms with van der Waals surface area (Å²) in [6.45, 7) is 2.42. The average Bonchev–Trinajstić information content (AvgIpc) is 3.47. The molecular formula is C29H24BrN5O. The largest absolute Gasteiger partial charge is 0.322 e. The Hall–Kier alpha value is -4.10. The molecule has 0 aliphatic carbocycles. The van der Waals surface area contributed by atoms with E-state index >= 15 is 0 Å². The van der Waals surface area contributed by atoms with Crippen molar-refractivity contribution in [1.29, 1.82) is 0 Å². The van der Waals surface area contributed by atoms with Crippen molar-refractivity contribution in [3.05, 3.63) is 130 Å². The van der Waals surface area contributed by atoms with Crippen LogP contribution < -0.4 is 5.32 Å². The summed E-state index contributed by atoms with van der Waals surface area (Å²) in [4.78, 5) is 15.8. The Labute approximate surface area is 217 Å². The lowest BCUT2D eigenvalue weighted by atomic mass is 10.0. The lowest BCUT2D eigenvalue weighted by Crippen LogP contribution is -2.38. The van der Waals surface area contributed by atoms with Crippen LogP contribution in [0, 0.1) is 6.92 Å². The van der Waals surface area contributed by atoms with E-state index in [1.807, 2.05) is 95.4 Å². The fourth-order valence-electron chi connectivity index (χ4n) is 4.86. The number of para-hydroxylation sites is 1. The van der Waals surface area contributed by atoms with Crippen molar-refractivity contribution in [2.24, 2.45) is 0 Å². The normalized spacial score (nSPS) is 14.6. The van der Waals surface area contributed by atoms with Gasteiger partial charge in [-0.1, -0.05) is 64.5 Å². The first kappa shape index (κ1) is 22.4. The first-order valence-corrected chi connectivity index (χ1v) is 12.6. The van der Waals surface area contributed by atoms with E-state index in [9.17, 15) is 4.79 Å². The molecule has 178 valence electrons. The van der Waals surface area contributed by atoms with Gasteiger partial charge < -0.3 is 14.8 Å². The summed E-state index contributed by atoms with van der Waals surface area (Å²) in [6, 6.07) is 31.6. The third-order valence-corrected chi connectivity index (χ3v) is 7.09. The van der Waals surface area contributed by atoms with E-state index < -0.39 is 0 Å². The second kappa shape index (κ2) is 9.17. The van der Waals surface area contributed by atoms with Crippen molar-refractivity contribution in [1.82, 2.24) is 19.2 Å². The number of benzene rings is 3. The lowest BCUT2D eigenvalue weighted by Gasteiger charge is -2.31. The van der Waals surface area contributed by atoms with Gasteiger partial charge in [-0.3, -0.25) is 0 Å². The van der Waals surface area contributed by atoms with Gasteiger partial charge in [-0.15, -0.1) is 0 Å². The Morgan fingerprint density at radius 2 is 1.61 bits per heavy atom. The van der Waals surface area contributed by atoms with Crippen LogP contribution in [0.25, 0.3) is 11.5 Å². The van der Waals surface area contributed by atoms with Crippen LogP contribution in [-0.4, -0.2) is 25.3 Å². The topological polar surface area (TPSA) is 55.1 Å². The third-order valence-electron chi connectivity index (χ3n) is 6.56. The molecule has 6 nitrogen and oxygen atoms in total. The van der Waals surface area contributed by atoms with Gasteiger partial charge in [-0.2, -0.15) is 5.10 Å². The quantitative estimate of drug-likeness (QED) is 0.273. The van der Waals surface area contributed by atoms with Gasteiger partial charge in [0.2, 0.25) is 0 Å². The number of hydrogen-bond donors (Lipinski definition) is 1. The number of fused-ring (bicyclic) bond motifs is 3. The molecule has 0 spiro atoms. The van der Waals surface area contributed by atoms with Crippen molar-refractivity contribution < 1.29 is 4.79 Å². The Kier molecular flexibility index (Phi) is 5.70. The SMILES string of the molecule is Cc1nn(-c2ccccc2)c2c1CN(C(=O)Nc1ccc(Br)cc1)C(c1ccccc1)c1cccn1-2. The van der Waals surface area contributed by atoms with E-state index in [2.05, 4.69) is 50.2 Å². The van der Waals surface area contributed by atoms with Gasteiger partial charge in [0.15, 0.2) is 0 Å². The fraction of sp³-hybridized carbons (Fsp3) is 0.103. The zero-order chi connectivity index (χ0) is 24.6. The minimum atomic E-state index is -0.285. The van der Waals surface area contributed by atoms with E-state index in [0.717, 1.165) is 44.2 Å². The first-order chi connectivity index (χ1) is 17.6. The maximum atomic E-state index is 13.9. The van der Waals surface area contributed by atoms with E-state index in [1.165, 1.54) is 0 Å². The zero-order valence-corrected chi connectivity index (χ0v) is 21.3. The standard InChI is InChI=1S/C29H24BrN5O/c1-20-25-19-34(29(36)31-23-16-14-22(30)15-17-23)27(21-9-4-2-5-10-21)26-13-8-18-33(26)28(25)35(32-20)24-11-6-3-7-12-24/h2-18,27H,19H2,1H3,(H,31,36). The summed E-state index contributed by atoms with van der Waals surface area (Å²) < 4.78 is 5.11. The van der Waals surface area contributed by atoms with Crippen LogP contribution in [0.2, 0.25) is 0 Å². The highest BCUT2D eigenvalue weighted by Crippen LogP contribution is 2.38. The first-order valence-electron chi connectivity index (χ1n) is 11.8. The number of urea groups is 1. The fourth-order valence-corrected chi connectivity index (χ4v) is 5.13. The van der Waals surface area contributed by atoms with Crippen molar-refractivity contribution in [2.75, 3.05) is 5.32 Å². The van der Waals surface area contributed by atoms with Gasteiger partial charge in [-0.05, 0) is 61.0 Å². The molecule has 6 rings (SSSR count). The van der Waals surface area contributed by atoms with Crippen molar-refractivity contribution in [3.63, 3.8) is 0 Å². The molecule has 1 N–H and O–H groups in total. The number of anilines is 1. The molecule has 1 aliphatic heterocycles. The van der Waals surface area contributed by atoms with Crippen molar-refractivity contribution in [3.8, 4) is 11.5 Å². The number of nitrogens with one attached hydrogen (secondary N) is 1. The van der Waals surface area contributed by atoms with Crippen molar-refractivity contribution >= 4 is 27.6 Å². The number of rotatable bonds is 3.